The predicted molar refractivity (Wildman–Crippen MR) is 165 cm³/mol. The topological polar surface area (TPSA) is 160 Å². The summed E-state index contributed by atoms with van der Waals surface area (Å²) in [7, 11) is 6.05. The van der Waals surface area contributed by atoms with Gasteiger partial charge in [0.25, 0.3) is 0 Å². The Labute approximate surface area is 258 Å². The van der Waals surface area contributed by atoms with E-state index in [0.29, 0.717) is 40.5 Å². The summed E-state index contributed by atoms with van der Waals surface area (Å²) < 4.78 is 42.7. The minimum Gasteiger partial charge on any atom is -0.493 e. The minimum absolute atomic E-state index is 0.0423. The number of hydrogen-bond donors (Lipinski definition) is 2. The molecule has 0 aliphatic heterocycles. The van der Waals surface area contributed by atoms with Crippen molar-refractivity contribution in [3.63, 3.8) is 0 Å². The van der Waals surface area contributed by atoms with E-state index in [1.807, 2.05) is 0 Å². The standard InChI is InChI=1S/C32H44N2O10/c1-22(37-3)41-20-43-26-12-8-24(18-28(26)39-5)10-14-30(35)32(34,16-7-17-33)31(36)15-11-25-9-13-27(29(19-25)40-6)44-21-42-23(2)38-4/h8-15,18-19,22-23H,7,16-17,20-21,33-34H2,1-6H3/b14-10+,15-11+. The van der Waals surface area contributed by atoms with Crippen LogP contribution < -0.4 is 30.4 Å². The normalized spacial score (nSPS) is 14.3. The molecule has 242 valence electrons. The molecule has 0 saturated carbocycles. The maximum atomic E-state index is 13.3. The summed E-state index contributed by atoms with van der Waals surface area (Å²) >= 11 is 0. The Morgan fingerprint density at radius 2 is 1.18 bits per heavy atom. The molecule has 2 rings (SSSR count). The van der Waals surface area contributed by atoms with Crippen molar-refractivity contribution in [1.29, 1.82) is 0 Å². The predicted octanol–water partition coefficient (Wildman–Crippen LogP) is 3.70. The van der Waals surface area contributed by atoms with Crippen LogP contribution in [0.2, 0.25) is 0 Å². The van der Waals surface area contributed by atoms with Gasteiger partial charge in [-0.05, 0) is 80.8 Å². The second-order valence-corrected chi connectivity index (χ2v) is 9.54. The summed E-state index contributed by atoms with van der Waals surface area (Å²) in [5, 5.41) is 0. The molecule has 2 atom stereocenters. The average molecular weight is 617 g/mol. The van der Waals surface area contributed by atoms with Crippen LogP contribution in [0.5, 0.6) is 23.0 Å². The van der Waals surface area contributed by atoms with E-state index in [-0.39, 0.29) is 26.6 Å². The summed E-state index contributed by atoms with van der Waals surface area (Å²) in [5.74, 6) is 0.625. The van der Waals surface area contributed by atoms with Crippen LogP contribution in [-0.2, 0) is 28.5 Å². The van der Waals surface area contributed by atoms with Crippen molar-refractivity contribution in [2.75, 3.05) is 48.6 Å². The molecule has 2 aromatic rings. The molecule has 2 aromatic carbocycles. The lowest BCUT2D eigenvalue weighted by molar-refractivity contribution is -0.150. The highest BCUT2D eigenvalue weighted by atomic mass is 16.8. The van der Waals surface area contributed by atoms with Gasteiger partial charge in [-0.2, -0.15) is 0 Å². The Bertz CT molecular complexity index is 1170. The van der Waals surface area contributed by atoms with Gasteiger partial charge in [0.2, 0.25) is 0 Å². The van der Waals surface area contributed by atoms with Gasteiger partial charge in [0.15, 0.2) is 60.7 Å². The third-order valence-corrected chi connectivity index (χ3v) is 6.58. The summed E-state index contributed by atoms with van der Waals surface area (Å²) in [6, 6.07) is 10.2. The van der Waals surface area contributed by atoms with Gasteiger partial charge in [0.05, 0.1) is 14.2 Å². The van der Waals surface area contributed by atoms with Crippen molar-refractivity contribution in [3.05, 3.63) is 59.7 Å². The van der Waals surface area contributed by atoms with E-state index in [4.69, 9.17) is 49.4 Å². The quantitative estimate of drug-likeness (QED) is 0.119. The lowest BCUT2D eigenvalue weighted by Gasteiger charge is -2.23. The van der Waals surface area contributed by atoms with Crippen LogP contribution in [0.1, 0.15) is 37.8 Å². The summed E-state index contributed by atoms with van der Waals surface area (Å²) in [5.41, 5.74) is 11.6. The number of nitrogens with two attached hydrogens (primary N) is 2. The summed E-state index contributed by atoms with van der Waals surface area (Å²) in [6.07, 6.45) is 5.26. The van der Waals surface area contributed by atoms with Crippen LogP contribution in [0.4, 0.5) is 0 Å². The molecule has 0 amide bonds. The highest BCUT2D eigenvalue weighted by Gasteiger charge is 2.38. The molecular weight excluding hydrogens is 572 g/mol. The van der Waals surface area contributed by atoms with Crippen LogP contribution in [0.15, 0.2) is 48.6 Å². The van der Waals surface area contributed by atoms with E-state index < -0.39 is 29.7 Å². The second kappa shape index (κ2) is 18.8. The summed E-state index contributed by atoms with van der Waals surface area (Å²) in [4.78, 5) is 26.6. The zero-order valence-corrected chi connectivity index (χ0v) is 26.2. The van der Waals surface area contributed by atoms with E-state index >= 15 is 0 Å². The van der Waals surface area contributed by atoms with E-state index in [1.54, 1.807) is 62.4 Å². The van der Waals surface area contributed by atoms with Crippen molar-refractivity contribution in [2.45, 2.75) is 44.8 Å². The fourth-order valence-electron chi connectivity index (χ4n) is 3.73. The highest BCUT2D eigenvalue weighted by molar-refractivity contribution is 6.21. The molecule has 12 heteroatoms. The molecule has 2 unspecified atom stereocenters. The Morgan fingerprint density at radius 3 is 1.55 bits per heavy atom. The fourth-order valence-corrected chi connectivity index (χ4v) is 3.73. The second-order valence-electron chi connectivity index (χ2n) is 9.54. The first kappa shape index (κ1) is 36.4. The van der Waals surface area contributed by atoms with Crippen molar-refractivity contribution >= 4 is 23.7 Å². The van der Waals surface area contributed by atoms with Crippen molar-refractivity contribution in [2.24, 2.45) is 11.5 Å². The molecular formula is C32H44N2O10. The van der Waals surface area contributed by atoms with Gasteiger partial charge in [-0.25, -0.2) is 0 Å². The molecule has 0 fully saturated rings. The Morgan fingerprint density at radius 1 is 0.750 bits per heavy atom. The molecule has 0 saturated heterocycles. The Hall–Kier alpha value is -3.78. The summed E-state index contributed by atoms with van der Waals surface area (Å²) in [6.45, 7) is 3.66. The number of rotatable bonds is 21. The number of carbonyl (C=O) groups excluding carboxylic acids is 2. The number of hydrogen-bond acceptors (Lipinski definition) is 12. The first-order valence-electron chi connectivity index (χ1n) is 14.0. The largest absolute Gasteiger partial charge is 0.493 e. The fraction of sp³-hybridized carbons (Fsp3) is 0.438. The van der Waals surface area contributed by atoms with Crippen molar-refractivity contribution in [1.82, 2.24) is 0 Å². The lowest BCUT2D eigenvalue weighted by Crippen LogP contribution is -2.53. The van der Waals surface area contributed by atoms with E-state index in [9.17, 15) is 9.59 Å². The maximum Gasteiger partial charge on any atom is 0.192 e. The number of ether oxygens (including phenoxy) is 8. The smallest absolute Gasteiger partial charge is 0.192 e. The first-order valence-corrected chi connectivity index (χ1v) is 14.0. The first-order chi connectivity index (χ1) is 21.1. The number of carbonyl (C=O) groups is 2. The van der Waals surface area contributed by atoms with Gasteiger partial charge in [-0.15, -0.1) is 0 Å². The van der Waals surface area contributed by atoms with Crippen LogP contribution in [0, 0.1) is 0 Å². The molecule has 44 heavy (non-hydrogen) atoms. The van der Waals surface area contributed by atoms with Gasteiger partial charge in [0.1, 0.15) is 5.54 Å². The van der Waals surface area contributed by atoms with Gasteiger partial charge in [0, 0.05) is 14.2 Å². The van der Waals surface area contributed by atoms with Crippen molar-refractivity contribution in [3.8, 4) is 23.0 Å². The van der Waals surface area contributed by atoms with E-state index in [0.717, 1.165) is 0 Å². The van der Waals surface area contributed by atoms with Gasteiger partial charge in [-0.1, -0.05) is 24.3 Å². The number of methoxy groups -OCH3 is 4. The molecule has 12 nitrogen and oxygen atoms in total. The van der Waals surface area contributed by atoms with Gasteiger partial charge in [-0.3, -0.25) is 9.59 Å². The third kappa shape index (κ3) is 11.1. The maximum absolute atomic E-state index is 13.3. The molecule has 0 aliphatic carbocycles. The van der Waals surface area contributed by atoms with Gasteiger partial charge >= 0.3 is 0 Å². The SMILES string of the molecule is COc1cc(/C=C/C(=O)C(N)(CCCN)C(=O)/C=C/c2ccc(OCOC(C)OC)c(OC)c2)ccc1OCOC(C)OC. The van der Waals surface area contributed by atoms with Crippen LogP contribution >= 0.6 is 0 Å². The van der Waals surface area contributed by atoms with Crippen molar-refractivity contribution < 1.29 is 47.5 Å². The van der Waals surface area contributed by atoms with Gasteiger partial charge < -0.3 is 49.4 Å². The molecule has 0 aromatic heterocycles. The molecule has 0 bridgehead atoms. The zero-order valence-electron chi connectivity index (χ0n) is 26.2. The molecule has 0 heterocycles. The number of benzene rings is 2. The third-order valence-electron chi connectivity index (χ3n) is 6.58. The highest BCUT2D eigenvalue weighted by Crippen LogP contribution is 2.30. The molecule has 0 aliphatic rings. The van der Waals surface area contributed by atoms with E-state index in [2.05, 4.69) is 0 Å². The molecule has 0 radical (unpaired) electrons. The monoisotopic (exact) mass is 616 g/mol. The molecule has 4 N–H and O–H groups in total. The Balaban J connectivity index is 2.17. The van der Waals surface area contributed by atoms with Crippen LogP contribution in [-0.4, -0.2) is 78.3 Å². The number of ketones is 2. The lowest BCUT2D eigenvalue weighted by atomic mass is 9.84. The average Bonchev–Trinajstić information content (AvgIpc) is 3.05. The minimum atomic E-state index is -1.81. The zero-order chi connectivity index (χ0) is 32.5. The molecule has 0 spiro atoms. The Kier molecular flexibility index (Phi) is 15.5. The van der Waals surface area contributed by atoms with Crippen LogP contribution in [0.3, 0.4) is 0 Å². The van der Waals surface area contributed by atoms with Crippen LogP contribution in [0.25, 0.3) is 12.2 Å². The van der Waals surface area contributed by atoms with E-state index in [1.165, 1.54) is 40.6 Å².